The van der Waals surface area contributed by atoms with Crippen LogP contribution >= 0.6 is 0 Å². The summed E-state index contributed by atoms with van der Waals surface area (Å²) >= 11 is 0. The van der Waals surface area contributed by atoms with Crippen molar-refractivity contribution >= 4 is 23.4 Å². The zero-order valence-electron chi connectivity index (χ0n) is 22.3. The molecule has 4 rings (SSSR count). The van der Waals surface area contributed by atoms with E-state index in [2.05, 4.69) is 15.3 Å². The van der Waals surface area contributed by atoms with Crippen molar-refractivity contribution in [3.63, 3.8) is 0 Å². The number of anilines is 2. The minimum absolute atomic E-state index is 0.00372. The summed E-state index contributed by atoms with van der Waals surface area (Å²) in [5, 5.41) is 2.73. The summed E-state index contributed by atoms with van der Waals surface area (Å²) in [6.07, 6.45) is -9.79. The third-order valence-electron chi connectivity index (χ3n) is 6.52. The maximum absolute atomic E-state index is 13.9. The normalized spacial score (nSPS) is 18.7. The zero-order chi connectivity index (χ0) is 30.8. The molecular formula is C26H26F9N5O2. The number of amidine groups is 2. The van der Waals surface area contributed by atoms with Crippen molar-refractivity contribution in [3.05, 3.63) is 58.9 Å². The lowest BCUT2D eigenvalue weighted by Crippen LogP contribution is -2.32. The van der Waals surface area contributed by atoms with E-state index in [1.54, 1.807) is 13.8 Å². The highest BCUT2D eigenvalue weighted by Gasteiger charge is 2.37. The molecule has 0 spiro atoms. The number of aliphatic imine (C=N–C) groups is 2. The summed E-state index contributed by atoms with van der Waals surface area (Å²) in [5.74, 6) is -4.63. The highest BCUT2D eigenvalue weighted by atomic mass is 19.4. The lowest BCUT2D eigenvalue weighted by Gasteiger charge is -2.25. The fourth-order valence-corrected chi connectivity index (χ4v) is 4.47. The van der Waals surface area contributed by atoms with Crippen LogP contribution in [0.5, 0.6) is 0 Å². The van der Waals surface area contributed by atoms with Gasteiger partial charge in [-0.25, -0.2) is 23.2 Å². The van der Waals surface area contributed by atoms with Crippen LogP contribution in [0.2, 0.25) is 0 Å². The number of likely N-dealkylation sites (N-methyl/N-ethyl adjacent to an activating group) is 2. The average Bonchev–Trinajstić information content (AvgIpc) is 3.54. The van der Waals surface area contributed by atoms with Crippen molar-refractivity contribution in [2.75, 3.05) is 49.2 Å². The molecule has 0 saturated heterocycles. The van der Waals surface area contributed by atoms with E-state index in [4.69, 9.17) is 9.47 Å². The number of rotatable bonds is 8. The SMILES string of the molecule is CCN(CC1COC(NC2=NC(CN(CC)c3cc(F)c(F)c(C(F)(F)F)c3)CO2)=N1)c1cc(F)cc(C(F)(F)F)c1. The molecule has 2 aromatic carbocycles. The fraction of sp³-hybridized carbons (Fsp3) is 0.462. The Bertz CT molecular complexity index is 1350. The van der Waals surface area contributed by atoms with Gasteiger partial charge in [-0.15, -0.1) is 0 Å². The number of ether oxygens (including phenoxy) is 2. The van der Waals surface area contributed by atoms with Crippen LogP contribution in [-0.4, -0.2) is 63.5 Å². The van der Waals surface area contributed by atoms with Crippen LogP contribution in [0.25, 0.3) is 0 Å². The highest BCUT2D eigenvalue weighted by Crippen LogP contribution is 2.36. The third-order valence-corrected chi connectivity index (χ3v) is 6.52. The predicted octanol–water partition coefficient (Wildman–Crippen LogP) is 5.59. The molecule has 0 bridgehead atoms. The van der Waals surface area contributed by atoms with Gasteiger partial charge in [0.1, 0.15) is 31.1 Å². The van der Waals surface area contributed by atoms with Gasteiger partial charge < -0.3 is 19.3 Å². The molecule has 2 heterocycles. The third kappa shape index (κ3) is 7.31. The van der Waals surface area contributed by atoms with Gasteiger partial charge in [-0.2, -0.15) is 26.3 Å². The quantitative estimate of drug-likeness (QED) is 0.395. The molecule has 7 nitrogen and oxygen atoms in total. The van der Waals surface area contributed by atoms with Gasteiger partial charge in [-0.05, 0) is 38.1 Å². The molecule has 16 heteroatoms. The predicted molar refractivity (Wildman–Crippen MR) is 136 cm³/mol. The molecule has 0 fully saturated rings. The Morgan fingerprint density at radius 1 is 0.762 bits per heavy atom. The van der Waals surface area contributed by atoms with Gasteiger partial charge >= 0.3 is 12.4 Å². The van der Waals surface area contributed by atoms with Crippen molar-refractivity contribution < 1.29 is 49.0 Å². The highest BCUT2D eigenvalue weighted by molar-refractivity contribution is 5.94. The van der Waals surface area contributed by atoms with E-state index in [0.717, 1.165) is 12.1 Å². The Balaban J connectivity index is 1.39. The number of benzene rings is 2. The Labute approximate surface area is 234 Å². The number of halogens is 9. The van der Waals surface area contributed by atoms with Gasteiger partial charge in [0.15, 0.2) is 11.6 Å². The molecule has 1 N–H and O–H groups in total. The molecule has 2 atom stereocenters. The van der Waals surface area contributed by atoms with Crippen LogP contribution in [0.1, 0.15) is 25.0 Å². The zero-order valence-corrected chi connectivity index (χ0v) is 22.3. The lowest BCUT2D eigenvalue weighted by molar-refractivity contribution is -0.140. The maximum Gasteiger partial charge on any atom is 0.419 e. The van der Waals surface area contributed by atoms with Gasteiger partial charge in [-0.3, -0.25) is 5.32 Å². The Morgan fingerprint density at radius 3 is 1.76 bits per heavy atom. The van der Waals surface area contributed by atoms with Crippen molar-refractivity contribution in [3.8, 4) is 0 Å². The smallest absolute Gasteiger partial charge is 0.419 e. The monoisotopic (exact) mass is 611 g/mol. The number of nitrogens with zero attached hydrogens (tertiary/aromatic N) is 4. The number of nitrogens with one attached hydrogen (secondary N) is 1. The van der Waals surface area contributed by atoms with Crippen LogP contribution in [-0.2, 0) is 21.8 Å². The van der Waals surface area contributed by atoms with E-state index < -0.39 is 53.0 Å². The Hall–Kier alpha value is -3.85. The molecule has 42 heavy (non-hydrogen) atoms. The van der Waals surface area contributed by atoms with E-state index in [1.807, 2.05) is 0 Å². The number of hydrogen-bond acceptors (Lipinski definition) is 7. The van der Waals surface area contributed by atoms with Crippen molar-refractivity contribution in [2.45, 2.75) is 38.3 Å². The van der Waals surface area contributed by atoms with E-state index in [9.17, 15) is 39.5 Å². The van der Waals surface area contributed by atoms with Crippen molar-refractivity contribution in [1.29, 1.82) is 0 Å². The first-order valence-electron chi connectivity index (χ1n) is 12.8. The molecule has 0 saturated carbocycles. The summed E-state index contributed by atoms with van der Waals surface area (Å²) < 4.78 is 131. The molecule has 2 unspecified atom stereocenters. The molecule has 0 radical (unpaired) electrons. The van der Waals surface area contributed by atoms with Crippen LogP contribution < -0.4 is 15.1 Å². The second kappa shape index (κ2) is 12.2. The molecule has 230 valence electrons. The van der Waals surface area contributed by atoms with Gasteiger partial charge in [0.2, 0.25) is 0 Å². The first-order chi connectivity index (χ1) is 19.7. The summed E-state index contributed by atoms with van der Waals surface area (Å²) in [4.78, 5) is 11.6. The van der Waals surface area contributed by atoms with Gasteiger partial charge in [-0.1, -0.05) is 0 Å². The molecule has 0 aromatic heterocycles. The van der Waals surface area contributed by atoms with E-state index in [-0.39, 0.29) is 62.8 Å². The van der Waals surface area contributed by atoms with E-state index >= 15 is 0 Å². The first kappa shape index (κ1) is 31.1. The van der Waals surface area contributed by atoms with Crippen LogP contribution in [0, 0.1) is 17.5 Å². The summed E-state index contributed by atoms with van der Waals surface area (Å²) in [6.45, 7) is 4.00. The maximum atomic E-state index is 13.9. The molecule has 2 aliphatic heterocycles. The largest absolute Gasteiger partial charge is 0.463 e. The summed E-state index contributed by atoms with van der Waals surface area (Å²) in [6, 6.07) is 2.42. The number of hydrogen-bond donors (Lipinski definition) is 1. The molecule has 0 amide bonds. The van der Waals surface area contributed by atoms with Crippen molar-refractivity contribution in [1.82, 2.24) is 5.32 Å². The topological polar surface area (TPSA) is 61.7 Å². The standard InChI is InChI=1S/C26H26F9N5O2/c1-3-39(18-6-14(25(30,31)32)5-15(27)7-18)10-16-12-41-23(36-16)38-24-37-17(13-42-24)11-40(4-2)19-8-20(26(33,34)35)22(29)21(28)9-19/h5-9,16-17H,3-4,10-13H2,1-2H3,(H,36,37,38). The fourth-order valence-electron chi connectivity index (χ4n) is 4.47. The second-order valence-corrected chi connectivity index (χ2v) is 9.48. The Morgan fingerprint density at radius 2 is 1.29 bits per heavy atom. The molecule has 0 aliphatic carbocycles. The molecule has 2 aliphatic rings. The first-order valence-corrected chi connectivity index (χ1v) is 12.8. The molecule has 2 aromatic rings. The Kier molecular flexibility index (Phi) is 9.01. The summed E-state index contributed by atoms with van der Waals surface area (Å²) in [7, 11) is 0. The van der Waals surface area contributed by atoms with Gasteiger partial charge in [0.05, 0.1) is 11.1 Å². The molecular weight excluding hydrogens is 585 g/mol. The van der Waals surface area contributed by atoms with E-state index in [1.165, 1.54) is 9.80 Å². The second-order valence-electron chi connectivity index (χ2n) is 9.48. The van der Waals surface area contributed by atoms with Crippen LogP contribution in [0.3, 0.4) is 0 Å². The summed E-state index contributed by atoms with van der Waals surface area (Å²) in [5.41, 5.74) is -2.96. The van der Waals surface area contributed by atoms with Crippen molar-refractivity contribution in [2.24, 2.45) is 9.98 Å². The van der Waals surface area contributed by atoms with E-state index in [0.29, 0.717) is 18.2 Å². The van der Waals surface area contributed by atoms with Gasteiger partial charge in [0, 0.05) is 43.6 Å². The minimum atomic E-state index is -5.08. The van der Waals surface area contributed by atoms with Crippen LogP contribution in [0.15, 0.2) is 40.3 Å². The number of alkyl halides is 6. The van der Waals surface area contributed by atoms with Gasteiger partial charge in [0.25, 0.3) is 12.0 Å². The average molecular weight is 612 g/mol. The lowest BCUT2D eigenvalue weighted by atomic mass is 10.1. The minimum Gasteiger partial charge on any atom is -0.463 e. The van der Waals surface area contributed by atoms with Crippen LogP contribution in [0.4, 0.5) is 50.9 Å².